The van der Waals surface area contributed by atoms with Crippen LogP contribution in [0.5, 0.6) is 0 Å². The van der Waals surface area contributed by atoms with Crippen molar-refractivity contribution in [3.63, 3.8) is 0 Å². The van der Waals surface area contributed by atoms with E-state index in [0.29, 0.717) is 18.0 Å². The molecule has 2 heteroatoms. The molecule has 2 nitrogen and oxygen atoms in total. The maximum absolute atomic E-state index is 11.9. The summed E-state index contributed by atoms with van der Waals surface area (Å²) in [6.07, 6.45) is 9.25. The van der Waals surface area contributed by atoms with Gasteiger partial charge in [-0.25, -0.2) is 0 Å². The van der Waals surface area contributed by atoms with Crippen molar-refractivity contribution in [2.24, 2.45) is 0 Å². The molecule has 0 atom stereocenters. The van der Waals surface area contributed by atoms with Gasteiger partial charge in [-0.3, -0.25) is 4.79 Å². The molecular formula is C11H15NO. The number of carbonyl (C=O) groups is 1. The first-order valence-corrected chi connectivity index (χ1v) is 5.38. The first-order chi connectivity index (χ1) is 6.36. The molecule has 0 aromatic carbocycles. The van der Waals surface area contributed by atoms with Crippen LogP contribution in [0.2, 0.25) is 0 Å². The molecule has 2 aliphatic heterocycles. The molecule has 3 aliphatic rings. The van der Waals surface area contributed by atoms with Gasteiger partial charge in [-0.2, -0.15) is 0 Å². The van der Waals surface area contributed by atoms with Crippen LogP contribution < -0.4 is 0 Å². The fourth-order valence-electron chi connectivity index (χ4n) is 2.89. The third kappa shape index (κ3) is 0.976. The average Bonchev–Trinajstić information content (AvgIpc) is 2.58. The summed E-state index contributed by atoms with van der Waals surface area (Å²) in [6.45, 7) is 0. The van der Waals surface area contributed by atoms with Crippen molar-refractivity contribution < 1.29 is 4.79 Å². The largest absolute Gasteiger partial charge is 0.333 e. The van der Waals surface area contributed by atoms with Gasteiger partial charge in [0.25, 0.3) is 0 Å². The zero-order valence-electron chi connectivity index (χ0n) is 7.83. The summed E-state index contributed by atoms with van der Waals surface area (Å²) >= 11 is 0. The predicted molar refractivity (Wildman–Crippen MR) is 50.2 cm³/mol. The van der Waals surface area contributed by atoms with Gasteiger partial charge < -0.3 is 4.90 Å². The smallest absolute Gasteiger partial charge is 0.249 e. The van der Waals surface area contributed by atoms with E-state index in [1.54, 1.807) is 0 Å². The molecule has 1 amide bonds. The van der Waals surface area contributed by atoms with Crippen LogP contribution in [-0.4, -0.2) is 22.9 Å². The van der Waals surface area contributed by atoms with Gasteiger partial charge in [0.15, 0.2) is 0 Å². The molecule has 0 saturated carbocycles. The molecule has 2 fully saturated rings. The van der Waals surface area contributed by atoms with E-state index in [2.05, 4.69) is 11.0 Å². The van der Waals surface area contributed by atoms with E-state index >= 15 is 0 Å². The molecule has 70 valence electrons. The summed E-state index contributed by atoms with van der Waals surface area (Å²) in [5, 5.41) is 0. The topological polar surface area (TPSA) is 20.3 Å². The number of hydrogen-bond acceptors (Lipinski definition) is 1. The molecule has 2 bridgehead atoms. The normalized spacial score (nSPS) is 36.0. The summed E-state index contributed by atoms with van der Waals surface area (Å²) in [7, 11) is 0. The monoisotopic (exact) mass is 177 g/mol. The van der Waals surface area contributed by atoms with Gasteiger partial charge in [0.1, 0.15) is 0 Å². The number of hydrogen-bond donors (Lipinski definition) is 0. The molecular weight excluding hydrogens is 162 g/mol. The van der Waals surface area contributed by atoms with E-state index < -0.39 is 0 Å². The Bertz CT molecular complexity index is 262. The van der Waals surface area contributed by atoms with Crippen molar-refractivity contribution in [2.45, 2.75) is 50.6 Å². The zero-order chi connectivity index (χ0) is 8.84. The van der Waals surface area contributed by atoms with Crippen LogP contribution in [0, 0.1) is 0 Å². The average molecular weight is 177 g/mol. The minimum absolute atomic E-state index is 0.358. The maximum Gasteiger partial charge on any atom is 0.249 e. The van der Waals surface area contributed by atoms with Gasteiger partial charge in [0, 0.05) is 17.7 Å². The van der Waals surface area contributed by atoms with Crippen LogP contribution >= 0.6 is 0 Å². The van der Waals surface area contributed by atoms with E-state index in [1.165, 1.54) is 25.7 Å². The minimum Gasteiger partial charge on any atom is -0.333 e. The van der Waals surface area contributed by atoms with E-state index in [-0.39, 0.29) is 0 Å². The Balaban J connectivity index is 1.81. The molecule has 13 heavy (non-hydrogen) atoms. The number of nitrogens with zero attached hydrogens (tertiary/aromatic N) is 1. The van der Waals surface area contributed by atoms with Gasteiger partial charge in [0.05, 0.1) is 0 Å². The molecule has 3 rings (SSSR count). The number of amides is 1. The van der Waals surface area contributed by atoms with Crippen molar-refractivity contribution in [3.8, 4) is 0 Å². The van der Waals surface area contributed by atoms with E-state index in [4.69, 9.17) is 0 Å². The third-order valence-electron chi connectivity index (χ3n) is 3.77. The highest BCUT2D eigenvalue weighted by Crippen LogP contribution is 2.39. The van der Waals surface area contributed by atoms with Crippen molar-refractivity contribution >= 4 is 5.91 Å². The fourth-order valence-corrected chi connectivity index (χ4v) is 2.89. The van der Waals surface area contributed by atoms with Crippen LogP contribution in [0.15, 0.2) is 11.6 Å². The molecule has 0 unspecified atom stereocenters. The SMILES string of the molecule is O=C(C1=CCC1)N1C2CCC1CC2. The standard InChI is InChI=1S/C11H15NO/c13-11(8-2-1-3-8)12-9-4-5-10(12)7-6-9/h2,9-10H,1,3-7H2. The lowest BCUT2D eigenvalue weighted by molar-refractivity contribution is -0.128. The number of carbonyl (C=O) groups excluding carboxylic acids is 1. The maximum atomic E-state index is 11.9. The number of allylic oxidation sites excluding steroid dienone is 1. The highest BCUT2D eigenvalue weighted by Gasteiger charge is 2.43. The van der Waals surface area contributed by atoms with E-state index in [1.807, 2.05) is 0 Å². The van der Waals surface area contributed by atoms with Gasteiger partial charge in [0.2, 0.25) is 5.91 Å². The summed E-state index contributed by atoms with van der Waals surface area (Å²) in [5.41, 5.74) is 1.08. The summed E-state index contributed by atoms with van der Waals surface area (Å²) in [5.74, 6) is 0.358. The lowest BCUT2D eigenvalue weighted by Crippen LogP contribution is -2.37. The lowest BCUT2D eigenvalue weighted by atomic mass is 9.97. The van der Waals surface area contributed by atoms with Crippen molar-refractivity contribution in [3.05, 3.63) is 11.6 Å². The summed E-state index contributed by atoms with van der Waals surface area (Å²) in [4.78, 5) is 14.1. The second-order valence-corrected chi connectivity index (χ2v) is 4.44. The van der Waals surface area contributed by atoms with Gasteiger partial charge in [-0.15, -0.1) is 0 Å². The zero-order valence-corrected chi connectivity index (χ0v) is 7.83. The van der Waals surface area contributed by atoms with E-state index in [0.717, 1.165) is 18.4 Å². The Kier molecular flexibility index (Phi) is 1.52. The molecule has 2 saturated heterocycles. The highest BCUT2D eigenvalue weighted by atomic mass is 16.2. The lowest BCUT2D eigenvalue weighted by Gasteiger charge is -2.26. The Morgan fingerprint density at radius 1 is 1.23 bits per heavy atom. The van der Waals surface area contributed by atoms with Crippen LogP contribution in [0.4, 0.5) is 0 Å². The molecule has 2 heterocycles. The molecule has 0 aromatic rings. The number of rotatable bonds is 1. The molecule has 1 aliphatic carbocycles. The third-order valence-corrected chi connectivity index (χ3v) is 3.77. The van der Waals surface area contributed by atoms with Crippen LogP contribution in [0.25, 0.3) is 0 Å². The van der Waals surface area contributed by atoms with Crippen molar-refractivity contribution in [1.29, 1.82) is 0 Å². The summed E-state index contributed by atoms with van der Waals surface area (Å²) in [6, 6.07) is 1.19. The summed E-state index contributed by atoms with van der Waals surface area (Å²) < 4.78 is 0. The van der Waals surface area contributed by atoms with Crippen molar-refractivity contribution in [2.75, 3.05) is 0 Å². The second-order valence-electron chi connectivity index (χ2n) is 4.44. The van der Waals surface area contributed by atoms with Crippen LogP contribution in [-0.2, 0) is 4.79 Å². The van der Waals surface area contributed by atoms with Crippen LogP contribution in [0.1, 0.15) is 38.5 Å². The Labute approximate surface area is 78.6 Å². The second kappa shape index (κ2) is 2.60. The predicted octanol–water partition coefficient (Wildman–Crippen LogP) is 1.86. The van der Waals surface area contributed by atoms with Gasteiger partial charge >= 0.3 is 0 Å². The number of fused-ring (bicyclic) bond motifs is 2. The quantitative estimate of drug-likeness (QED) is 0.598. The molecule has 0 spiro atoms. The molecule has 0 radical (unpaired) electrons. The minimum atomic E-state index is 0.358. The fraction of sp³-hybridized carbons (Fsp3) is 0.727. The van der Waals surface area contributed by atoms with Crippen LogP contribution in [0.3, 0.4) is 0 Å². The Hall–Kier alpha value is -0.790. The first-order valence-electron chi connectivity index (χ1n) is 5.38. The molecule has 0 aromatic heterocycles. The van der Waals surface area contributed by atoms with Crippen molar-refractivity contribution in [1.82, 2.24) is 4.90 Å². The van der Waals surface area contributed by atoms with Gasteiger partial charge in [-0.05, 0) is 38.5 Å². The first kappa shape index (κ1) is 7.60. The highest BCUT2D eigenvalue weighted by molar-refractivity contribution is 5.95. The van der Waals surface area contributed by atoms with Gasteiger partial charge in [-0.1, -0.05) is 6.08 Å². The Morgan fingerprint density at radius 3 is 2.15 bits per heavy atom. The molecule has 0 N–H and O–H groups in total. The van der Waals surface area contributed by atoms with E-state index in [9.17, 15) is 4.79 Å². The Morgan fingerprint density at radius 2 is 1.77 bits per heavy atom.